The van der Waals surface area contributed by atoms with Crippen LogP contribution in [-0.4, -0.2) is 45.1 Å². The minimum absolute atomic E-state index is 0.171. The van der Waals surface area contributed by atoms with E-state index in [0.717, 1.165) is 0 Å². The second-order valence-electron chi connectivity index (χ2n) is 6.13. The van der Waals surface area contributed by atoms with Gasteiger partial charge in [0.1, 0.15) is 12.4 Å². The number of carbonyl (C=O) groups is 2. The summed E-state index contributed by atoms with van der Waals surface area (Å²) in [6.45, 7) is 3.43. The first kappa shape index (κ1) is 18.5. The van der Waals surface area contributed by atoms with E-state index in [1.54, 1.807) is 25.1 Å². The minimum atomic E-state index is -1.09. The maximum atomic E-state index is 13.2. The summed E-state index contributed by atoms with van der Waals surface area (Å²) in [5, 5.41) is 13.4. The Morgan fingerprint density at radius 1 is 1.26 bits per heavy atom. The average Bonchev–Trinajstić information content (AvgIpc) is 3.01. The Hall–Kier alpha value is -3.29. The summed E-state index contributed by atoms with van der Waals surface area (Å²) in [4.78, 5) is 29.9. The molecule has 0 fully saturated rings. The molecule has 0 aliphatic carbocycles. The zero-order chi connectivity index (χ0) is 19.6. The van der Waals surface area contributed by atoms with E-state index in [9.17, 15) is 14.0 Å². The molecule has 1 aromatic carbocycles. The van der Waals surface area contributed by atoms with Crippen LogP contribution in [0.25, 0.3) is 22.4 Å². The molecule has 0 saturated heterocycles. The molecule has 0 bridgehead atoms. The third-order valence-corrected chi connectivity index (χ3v) is 4.09. The lowest BCUT2D eigenvalue weighted by Gasteiger charge is -2.20. The Balaban J connectivity index is 2.14. The molecule has 3 rings (SSSR count). The highest BCUT2D eigenvalue weighted by molar-refractivity contribution is 6.07. The van der Waals surface area contributed by atoms with Crippen LogP contribution in [0.3, 0.4) is 0 Å². The third-order valence-electron chi connectivity index (χ3n) is 4.09. The second kappa shape index (κ2) is 7.53. The van der Waals surface area contributed by atoms with Crippen LogP contribution in [0, 0.1) is 12.7 Å². The second-order valence-corrected chi connectivity index (χ2v) is 6.13. The smallest absolute Gasteiger partial charge is 0.323 e. The topological polar surface area (TPSA) is 96.5 Å². The Kier molecular flexibility index (Phi) is 5.16. The quantitative estimate of drug-likeness (QED) is 0.714. The lowest BCUT2D eigenvalue weighted by molar-refractivity contribution is -0.137. The number of amides is 1. The average molecular weight is 371 g/mol. The molecule has 1 amide bonds. The minimum Gasteiger partial charge on any atom is -0.480 e. The number of carboxylic acid groups (broad SMARTS) is 1. The van der Waals surface area contributed by atoms with Gasteiger partial charge in [-0.15, -0.1) is 0 Å². The van der Waals surface area contributed by atoms with Crippen molar-refractivity contribution in [2.24, 2.45) is 0 Å². The first-order valence-corrected chi connectivity index (χ1v) is 8.44. The summed E-state index contributed by atoms with van der Waals surface area (Å²) in [7, 11) is 0. The van der Waals surface area contributed by atoms with Gasteiger partial charge in [-0.1, -0.05) is 12.1 Å². The summed E-state index contributed by atoms with van der Waals surface area (Å²) in [6.07, 6.45) is 0.612. The summed E-state index contributed by atoms with van der Waals surface area (Å²) < 4.78 is 18.4. The van der Waals surface area contributed by atoms with Crippen molar-refractivity contribution in [1.29, 1.82) is 0 Å². The van der Waals surface area contributed by atoms with Gasteiger partial charge in [-0.05, 0) is 43.7 Å². The summed E-state index contributed by atoms with van der Waals surface area (Å²) >= 11 is 0. The Labute approximate surface area is 154 Å². The standard InChI is InChI=1S/C19H18FN3O4/c1-3-8-23(10-16(24)25)19(26)14-9-15(12-4-6-13(20)7-5-12)21-18-17(14)11(2)22-27-18/h4-7,9H,3,8,10H2,1-2H3,(H,24,25). The fourth-order valence-corrected chi connectivity index (χ4v) is 2.89. The number of nitrogens with zero attached hydrogens (tertiary/aromatic N) is 3. The molecule has 0 spiro atoms. The van der Waals surface area contributed by atoms with Crippen LogP contribution in [-0.2, 0) is 4.79 Å². The van der Waals surface area contributed by atoms with Gasteiger partial charge in [-0.25, -0.2) is 9.37 Å². The number of rotatable bonds is 6. The largest absolute Gasteiger partial charge is 0.480 e. The van der Waals surface area contributed by atoms with Gasteiger partial charge in [0.05, 0.1) is 22.3 Å². The van der Waals surface area contributed by atoms with Crippen LogP contribution in [0.1, 0.15) is 29.4 Å². The van der Waals surface area contributed by atoms with Crippen LogP contribution in [0.5, 0.6) is 0 Å². The van der Waals surface area contributed by atoms with E-state index in [4.69, 9.17) is 9.63 Å². The van der Waals surface area contributed by atoms with Crippen molar-refractivity contribution in [1.82, 2.24) is 15.0 Å². The molecular formula is C19H18FN3O4. The molecule has 0 unspecified atom stereocenters. The van der Waals surface area contributed by atoms with Gasteiger partial charge in [0.2, 0.25) is 0 Å². The fourth-order valence-electron chi connectivity index (χ4n) is 2.89. The number of pyridine rings is 1. The first-order chi connectivity index (χ1) is 12.9. The fraction of sp³-hybridized carbons (Fsp3) is 0.263. The number of aliphatic carboxylic acids is 1. The number of aryl methyl sites for hydroxylation is 1. The molecule has 0 aliphatic heterocycles. The van der Waals surface area contributed by atoms with Crippen LogP contribution in [0.4, 0.5) is 4.39 Å². The maximum absolute atomic E-state index is 13.2. The van der Waals surface area contributed by atoms with Gasteiger partial charge in [-0.3, -0.25) is 9.59 Å². The molecule has 7 nitrogen and oxygen atoms in total. The Morgan fingerprint density at radius 2 is 1.96 bits per heavy atom. The molecule has 0 radical (unpaired) electrons. The van der Waals surface area contributed by atoms with Gasteiger partial charge in [-0.2, -0.15) is 0 Å². The van der Waals surface area contributed by atoms with Crippen molar-refractivity contribution in [3.8, 4) is 11.3 Å². The molecule has 0 atom stereocenters. The number of hydrogen-bond acceptors (Lipinski definition) is 5. The molecule has 0 saturated carbocycles. The van der Waals surface area contributed by atoms with E-state index < -0.39 is 18.4 Å². The van der Waals surface area contributed by atoms with Gasteiger partial charge in [0.15, 0.2) is 0 Å². The predicted molar refractivity (Wildman–Crippen MR) is 95.8 cm³/mol. The van der Waals surface area contributed by atoms with Gasteiger partial charge >= 0.3 is 5.97 Å². The number of benzene rings is 1. The Bertz CT molecular complexity index is 998. The van der Waals surface area contributed by atoms with Gasteiger partial charge in [0, 0.05) is 12.1 Å². The maximum Gasteiger partial charge on any atom is 0.323 e. The molecule has 27 heavy (non-hydrogen) atoms. The van der Waals surface area contributed by atoms with E-state index in [1.807, 2.05) is 6.92 Å². The highest BCUT2D eigenvalue weighted by atomic mass is 19.1. The van der Waals surface area contributed by atoms with E-state index in [0.29, 0.717) is 35.3 Å². The SMILES string of the molecule is CCCN(CC(=O)O)C(=O)c1cc(-c2ccc(F)cc2)nc2onc(C)c12. The van der Waals surface area contributed by atoms with E-state index in [2.05, 4.69) is 10.1 Å². The number of aromatic nitrogens is 2. The predicted octanol–water partition coefficient (Wildman–Crippen LogP) is 3.27. The van der Waals surface area contributed by atoms with Crippen molar-refractivity contribution in [3.05, 3.63) is 47.4 Å². The highest BCUT2D eigenvalue weighted by Gasteiger charge is 2.24. The van der Waals surface area contributed by atoms with Crippen LogP contribution >= 0.6 is 0 Å². The summed E-state index contributed by atoms with van der Waals surface area (Å²) in [5.74, 6) is -1.92. The lowest BCUT2D eigenvalue weighted by Crippen LogP contribution is -2.36. The van der Waals surface area contributed by atoms with Crippen molar-refractivity contribution < 1.29 is 23.6 Å². The van der Waals surface area contributed by atoms with Crippen molar-refractivity contribution in [2.75, 3.05) is 13.1 Å². The number of hydrogen-bond donors (Lipinski definition) is 1. The molecule has 2 aromatic heterocycles. The number of carboxylic acids is 1. The molecule has 8 heteroatoms. The van der Waals surface area contributed by atoms with Crippen molar-refractivity contribution >= 4 is 23.0 Å². The molecule has 140 valence electrons. The number of halogens is 1. The van der Waals surface area contributed by atoms with Crippen molar-refractivity contribution in [2.45, 2.75) is 20.3 Å². The Morgan fingerprint density at radius 3 is 2.59 bits per heavy atom. The van der Waals surface area contributed by atoms with Crippen LogP contribution in [0.2, 0.25) is 0 Å². The molecule has 3 aromatic rings. The van der Waals surface area contributed by atoms with Crippen molar-refractivity contribution in [3.63, 3.8) is 0 Å². The van der Waals surface area contributed by atoms with E-state index in [-0.39, 0.29) is 17.1 Å². The zero-order valence-electron chi connectivity index (χ0n) is 14.9. The summed E-state index contributed by atoms with van der Waals surface area (Å²) in [5.41, 5.74) is 1.92. The lowest BCUT2D eigenvalue weighted by atomic mass is 10.0. The van der Waals surface area contributed by atoms with Crippen LogP contribution < -0.4 is 0 Å². The van der Waals surface area contributed by atoms with Gasteiger partial charge in [0.25, 0.3) is 11.6 Å². The van der Waals surface area contributed by atoms with E-state index in [1.165, 1.54) is 17.0 Å². The number of carbonyl (C=O) groups excluding carboxylic acids is 1. The zero-order valence-corrected chi connectivity index (χ0v) is 14.9. The molecule has 1 N–H and O–H groups in total. The normalized spacial score (nSPS) is 10.9. The number of fused-ring (bicyclic) bond motifs is 1. The highest BCUT2D eigenvalue weighted by Crippen LogP contribution is 2.28. The molecular weight excluding hydrogens is 353 g/mol. The van der Waals surface area contributed by atoms with E-state index >= 15 is 0 Å². The molecule has 2 heterocycles. The van der Waals surface area contributed by atoms with Gasteiger partial charge < -0.3 is 14.5 Å². The summed E-state index contributed by atoms with van der Waals surface area (Å²) in [6, 6.07) is 7.24. The first-order valence-electron chi connectivity index (χ1n) is 8.44. The molecule has 0 aliphatic rings. The third kappa shape index (κ3) is 3.79. The van der Waals surface area contributed by atoms with Crippen LogP contribution in [0.15, 0.2) is 34.9 Å². The monoisotopic (exact) mass is 371 g/mol.